The second-order valence-electron chi connectivity index (χ2n) is 9.16. The monoisotopic (exact) mass is 400 g/mol. The average Bonchev–Trinajstić information content (AvgIpc) is 3.33. The zero-order valence-corrected chi connectivity index (χ0v) is 17.6. The fourth-order valence-corrected chi connectivity index (χ4v) is 4.14. The van der Waals surface area contributed by atoms with Crippen molar-refractivity contribution in [2.45, 2.75) is 51.4 Å². The van der Waals surface area contributed by atoms with Crippen LogP contribution in [-0.2, 0) is 20.1 Å². The first-order valence-corrected chi connectivity index (χ1v) is 9.83. The van der Waals surface area contributed by atoms with Crippen LogP contribution in [0.4, 0.5) is 0 Å². The molecule has 29 heavy (non-hydrogen) atoms. The van der Waals surface area contributed by atoms with Crippen molar-refractivity contribution in [3.05, 3.63) is 29.6 Å². The van der Waals surface area contributed by atoms with Crippen LogP contribution >= 0.6 is 0 Å². The van der Waals surface area contributed by atoms with Crippen LogP contribution in [0.25, 0.3) is 0 Å². The van der Waals surface area contributed by atoms with Crippen LogP contribution in [0.1, 0.15) is 54.1 Å². The Hall–Kier alpha value is -2.75. The summed E-state index contributed by atoms with van der Waals surface area (Å²) >= 11 is 0. The molecule has 10 nitrogen and oxygen atoms in total. The van der Waals surface area contributed by atoms with Crippen molar-refractivity contribution in [1.29, 1.82) is 0 Å². The first kappa shape index (κ1) is 19.6. The molecule has 0 unspecified atom stereocenters. The second kappa shape index (κ2) is 6.65. The maximum Gasteiger partial charge on any atom is 0.289 e. The van der Waals surface area contributed by atoms with Gasteiger partial charge in [0.2, 0.25) is 5.82 Å². The van der Waals surface area contributed by atoms with Gasteiger partial charge < -0.3 is 14.8 Å². The van der Waals surface area contributed by atoms with E-state index in [1.54, 1.807) is 24.0 Å². The SMILES string of the molecule is CN1Cc2nnc(C(=O)NC(C)(C)C)n2C[C@]12CCN(C(=O)c1ccn(C)n1)C2. The van der Waals surface area contributed by atoms with Gasteiger partial charge in [-0.3, -0.25) is 19.2 Å². The Morgan fingerprint density at radius 2 is 1.93 bits per heavy atom. The Morgan fingerprint density at radius 3 is 2.59 bits per heavy atom. The van der Waals surface area contributed by atoms with Gasteiger partial charge in [-0.2, -0.15) is 5.10 Å². The molecule has 0 saturated carbocycles. The highest BCUT2D eigenvalue weighted by molar-refractivity contribution is 5.92. The van der Waals surface area contributed by atoms with E-state index in [-0.39, 0.29) is 22.9 Å². The zero-order valence-electron chi connectivity index (χ0n) is 17.6. The highest BCUT2D eigenvalue weighted by Gasteiger charge is 2.47. The molecule has 2 aliphatic heterocycles. The molecule has 10 heteroatoms. The van der Waals surface area contributed by atoms with E-state index in [1.807, 2.05) is 37.3 Å². The van der Waals surface area contributed by atoms with Crippen molar-refractivity contribution in [3.63, 3.8) is 0 Å². The summed E-state index contributed by atoms with van der Waals surface area (Å²) in [6, 6.07) is 1.74. The highest BCUT2D eigenvalue weighted by atomic mass is 16.2. The van der Waals surface area contributed by atoms with E-state index in [1.165, 1.54) is 0 Å². The van der Waals surface area contributed by atoms with E-state index in [0.717, 1.165) is 12.2 Å². The first-order chi connectivity index (χ1) is 13.6. The van der Waals surface area contributed by atoms with E-state index >= 15 is 0 Å². The molecule has 1 N–H and O–H groups in total. The number of carbonyl (C=O) groups is 2. The fourth-order valence-electron chi connectivity index (χ4n) is 4.14. The molecule has 2 amide bonds. The number of aromatic nitrogens is 5. The molecule has 2 aromatic heterocycles. The molecule has 0 radical (unpaired) electrons. The number of rotatable bonds is 2. The summed E-state index contributed by atoms with van der Waals surface area (Å²) in [6.07, 6.45) is 2.59. The van der Waals surface area contributed by atoms with E-state index in [0.29, 0.717) is 37.7 Å². The third kappa shape index (κ3) is 3.52. The van der Waals surface area contributed by atoms with Gasteiger partial charge in [0.25, 0.3) is 11.8 Å². The number of hydrogen-bond acceptors (Lipinski definition) is 6. The van der Waals surface area contributed by atoms with Crippen molar-refractivity contribution in [2.24, 2.45) is 7.05 Å². The first-order valence-electron chi connectivity index (χ1n) is 9.83. The van der Waals surface area contributed by atoms with Crippen LogP contribution in [0, 0.1) is 0 Å². The molecule has 0 aliphatic carbocycles. The molecule has 2 aliphatic rings. The number of fused-ring (bicyclic) bond motifs is 1. The molecule has 1 atom stereocenters. The molecule has 1 saturated heterocycles. The number of aryl methyl sites for hydroxylation is 1. The third-order valence-corrected chi connectivity index (χ3v) is 5.71. The number of likely N-dealkylation sites (N-methyl/N-ethyl adjacent to an activating group) is 1. The lowest BCUT2D eigenvalue weighted by molar-refractivity contribution is 0.0564. The molecule has 0 bridgehead atoms. The highest BCUT2D eigenvalue weighted by Crippen LogP contribution is 2.34. The smallest absolute Gasteiger partial charge is 0.289 e. The standard InChI is InChI=1S/C19H28N8O2/c1-18(2,3)20-16(28)15-22-21-14-10-24(4)19(12-27(14)15)7-9-26(11-19)17(29)13-6-8-25(5)23-13/h6,8H,7,9-12H2,1-5H3,(H,20,28)/t19-/m1/s1. The lowest BCUT2D eigenvalue weighted by Crippen LogP contribution is -2.55. The quantitative estimate of drug-likeness (QED) is 0.777. The summed E-state index contributed by atoms with van der Waals surface area (Å²) in [6.45, 7) is 8.20. The normalized spacial score (nSPS) is 22.2. The third-order valence-electron chi connectivity index (χ3n) is 5.71. The van der Waals surface area contributed by atoms with E-state index in [4.69, 9.17) is 0 Å². The number of amides is 2. The molecule has 1 spiro atoms. The summed E-state index contributed by atoms with van der Waals surface area (Å²) in [5.41, 5.74) is -0.152. The van der Waals surface area contributed by atoms with Crippen molar-refractivity contribution in [1.82, 2.24) is 39.7 Å². The maximum absolute atomic E-state index is 12.9. The van der Waals surface area contributed by atoms with Gasteiger partial charge >= 0.3 is 0 Å². The second-order valence-corrected chi connectivity index (χ2v) is 9.16. The molecule has 1 fully saturated rings. The van der Waals surface area contributed by atoms with E-state index in [2.05, 4.69) is 25.5 Å². The Kier molecular flexibility index (Phi) is 4.49. The Labute approximate surface area is 169 Å². The van der Waals surface area contributed by atoms with Gasteiger partial charge in [-0.05, 0) is 40.3 Å². The van der Waals surface area contributed by atoms with Gasteiger partial charge in [0, 0.05) is 38.4 Å². The van der Waals surface area contributed by atoms with Crippen LogP contribution in [0.15, 0.2) is 12.3 Å². The summed E-state index contributed by atoms with van der Waals surface area (Å²) in [5.74, 6) is 0.815. The summed E-state index contributed by atoms with van der Waals surface area (Å²) in [7, 11) is 3.84. The number of nitrogens with one attached hydrogen (secondary N) is 1. The van der Waals surface area contributed by atoms with Crippen LogP contribution in [0.3, 0.4) is 0 Å². The van der Waals surface area contributed by atoms with Crippen molar-refractivity contribution < 1.29 is 9.59 Å². The lowest BCUT2D eigenvalue weighted by Gasteiger charge is -2.42. The number of hydrogen-bond donors (Lipinski definition) is 1. The minimum absolute atomic E-state index is 0.0591. The number of likely N-dealkylation sites (tertiary alicyclic amines) is 1. The molecule has 156 valence electrons. The number of nitrogens with zero attached hydrogens (tertiary/aromatic N) is 7. The van der Waals surface area contributed by atoms with Crippen LogP contribution in [0.2, 0.25) is 0 Å². The lowest BCUT2D eigenvalue weighted by atomic mass is 9.94. The van der Waals surface area contributed by atoms with Gasteiger partial charge in [0.15, 0.2) is 0 Å². The summed E-state index contributed by atoms with van der Waals surface area (Å²) in [5, 5.41) is 15.6. The Morgan fingerprint density at radius 1 is 1.17 bits per heavy atom. The van der Waals surface area contributed by atoms with Gasteiger partial charge in [0.05, 0.1) is 12.1 Å². The van der Waals surface area contributed by atoms with Crippen LogP contribution in [-0.4, -0.2) is 77.4 Å². The Bertz CT molecular complexity index is 956. The summed E-state index contributed by atoms with van der Waals surface area (Å²) in [4.78, 5) is 29.7. The largest absolute Gasteiger partial charge is 0.345 e. The topological polar surface area (TPSA) is 101 Å². The van der Waals surface area contributed by atoms with Crippen molar-refractivity contribution >= 4 is 11.8 Å². The zero-order chi connectivity index (χ0) is 21.0. The predicted molar refractivity (Wildman–Crippen MR) is 105 cm³/mol. The van der Waals surface area contributed by atoms with Gasteiger partial charge in [-0.15, -0.1) is 10.2 Å². The molecule has 4 rings (SSSR count). The van der Waals surface area contributed by atoms with Gasteiger partial charge in [-0.1, -0.05) is 0 Å². The van der Waals surface area contributed by atoms with E-state index in [9.17, 15) is 9.59 Å². The summed E-state index contributed by atoms with van der Waals surface area (Å²) < 4.78 is 3.55. The van der Waals surface area contributed by atoms with Crippen molar-refractivity contribution in [3.8, 4) is 0 Å². The van der Waals surface area contributed by atoms with Gasteiger partial charge in [-0.25, -0.2) is 0 Å². The maximum atomic E-state index is 12.9. The minimum Gasteiger partial charge on any atom is -0.345 e. The number of carbonyl (C=O) groups excluding carboxylic acids is 2. The molecule has 4 heterocycles. The average molecular weight is 400 g/mol. The minimum atomic E-state index is -0.355. The fraction of sp³-hybridized carbons (Fsp3) is 0.632. The van der Waals surface area contributed by atoms with Crippen LogP contribution < -0.4 is 5.32 Å². The van der Waals surface area contributed by atoms with Gasteiger partial charge in [0.1, 0.15) is 11.5 Å². The molecular weight excluding hydrogens is 372 g/mol. The molecule has 2 aromatic rings. The predicted octanol–water partition coefficient (Wildman–Crippen LogP) is 0.270. The molecular formula is C19H28N8O2. The van der Waals surface area contributed by atoms with Crippen LogP contribution in [0.5, 0.6) is 0 Å². The Balaban J connectivity index is 1.56. The van der Waals surface area contributed by atoms with E-state index < -0.39 is 0 Å². The molecule has 0 aromatic carbocycles. The van der Waals surface area contributed by atoms with Crippen molar-refractivity contribution in [2.75, 3.05) is 20.1 Å².